The second-order valence-electron chi connectivity index (χ2n) is 4.96. The number of benzene rings is 2. The van der Waals surface area contributed by atoms with E-state index in [1.54, 1.807) is 0 Å². The highest BCUT2D eigenvalue weighted by molar-refractivity contribution is 9.10. The smallest absolute Gasteiger partial charge is 0.136 e. The van der Waals surface area contributed by atoms with Gasteiger partial charge in [-0.1, -0.05) is 65.3 Å². The van der Waals surface area contributed by atoms with Crippen LogP contribution in [-0.4, -0.2) is 5.78 Å². The van der Waals surface area contributed by atoms with Crippen LogP contribution in [0, 0.1) is 12.3 Å². The van der Waals surface area contributed by atoms with Crippen molar-refractivity contribution in [1.82, 2.24) is 0 Å². The Morgan fingerprint density at radius 3 is 2.40 bits per heavy atom. The fourth-order valence-corrected chi connectivity index (χ4v) is 2.36. The van der Waals surface area contributed by atoms with E-state index in [-0.39, 0.29) is 11.7 Å². The first kappa shape index (κ1) is 15.0. The normalized spacial score (nSPS) is 12.1. The number of halogens is 1. The summed E-state index contributed by atoms with van der Waals surface area (Å²) < 4.78 is 1.07. The van der Waals surface area contributed by atoms with Gasteiger partial charge in [-0.3, -0.25) is 4.79 Å². The molecule has 2 heteroatoms. The molecule has 0 saturated heterocycles. The Morgan fingerprint density at radius 2 is 1.75 bits per heavy atom. The van der Waals surface area contributed by atoms with Crippen LogP contribution in [0.5, 0.6) is 0 Å². The molecule has 0 aliphatic rings. The van der Waals surface area contributed by atoms with Crippen molar-refractivity contribution in [2.45, 2.75) is 19.8 Å². The highest BCUT2D eigenvalue weighted by Crippen LogP contribution is 2.16. The molecular formula is C18H18BrO. The number of rotatable bonds is 6. The summed E-state index contributed by atoms with van der Waals surface area (Å²) in [6.45, 7) is 1.97. The van der Waals surface area contributed by atoms with E-state index < -0.39 is 0 Å². The summed E-state index contributed by atoms with van der Waals surface area (Å²) in [5.41, 5.74) is 2.31. The third-order valence-electron chi connectivity index (χ3n) is 3.32. The van der Waals surface area contributed by atoms with E-state index in [1.165, 1.54) is 5.56 Å². The van der Waals surface area contributed by atoms with Gasteiger partial charge in [0.2, 0.25) is 0 Å². The molecule has 0 aliphatic carbocycles. The van der Waals surface area contributed by atoms with Gasteiger partial charge in [0, 0.05) is 23.2 Å². The van der Waals surface area contributed by atoms with Crippen molar-refractivity contribution in [3.05, 3.63) is 76.6 Å². The maximum absolute atomic E-state index is 12.1. The largest absolute Gasteiger partial charge is 0.299 e. The quantitative estimate of drug-likeness (QED) is 0.741. The number of aryl methyl sites for hydroxylation is 1. The van der Waals surface area contributed by atoms with E-state index in [4.69, 9.17) is 0 Å². The molecule has 20 heavy (non-hydrogen) atoms. The number of Topliss-reactive ketones (excluding diaryl/α,β-unsaturated/α-hetero) is 1. The summed E-state index contributed by atoms with van der Waals surface area (Å²) in [4.78, 5) is 12.1. The van der Waals surface area contributed by atoms with Crippen LogP contribution in [0.3, 0.4) is 0 Å². The van der Waals surface area contributed by atoms with Crippen molar-refractivity contribution in [2.75, 3.05) is 0 Å². The van der Waals surface area contributed by atoms with Gasteiger partial charge in [0.25, 0.3) is 0 Å². The minimum atomic E-state index is -0.0344. The van der Waals surface area contributed by atoms with E-state index >= 15 is 0 Å². The first-order valence-corrected chi connectivity index (χ1v) is 7.61. The number of ketones is 1. The van der Waals surface area contributed by atoms with Crippen LogP contribution in [-0.2, 0) is 11.2 Å². The molecule has 1 unspecified atom stereocenters. The minimum absolute atomic E-state index is 0.0344. The Labute approximate surface area is 129 Å². The molecule has 2 aromatic carbocycles. The van der Waals surface area contributed by atoms with Crippen molar-refractivity contribution in [2.24, 2.45) is 5.92 Å². The molecule has 0 fully saturated rings. The van der Waals surface area contributed by atoms with Crippen molar-refractivity contribution < 1.29 is 4.79 Å². The zero-order valence-electron chi connectivity index (χ0n) is 11.6. The third kappa shape index (κ3) is 4.61. The molecule has 2 aromatic rings. The highest BCUT2D eigenvalue weighted by Gasteiger charge is 2.13. The average Bonchev–Trinajstić information content (AvgIpc) is 2.47. The van der Waals surface area contributed by atoms with Gasteiger partial charge in [-0.15, -0.1) is 0 Å². The second-order valence-corrected chi connectivity index (χ2v) is 5.87. The zero-order valence-corrected chi connectivity index (χ0v) is 13.1. The van der Waals surface area contributed by atoms with Crippen LogP contribution in [0.2, 0.25) is 0 Å². The molecule has 0 N–H and O–H groups in total. The molecule has 0 aliphatic heterocycles. The molecule has 0 heterocycles. The SMILES string of the molecule is CC([CH]c1ccccc1)C(=O)CCc1ccc(Br)cc1. The fourth-order valence-electron chi connectivity index (χ4n) is 2.09. The maximum Gasteiger partial charge on any atom is 0.136 e. The van der Waals surface area contributed by atoms with Crippen LogP contribution < -0.4 is 0 Å². The van der Waals surface area contributed by atoms with Gasteiger partial charge >= 0.3 is 0 Å². The van der Waals surface area contributed by atoms with Crippen molar-refractivity contribution >= 4 is 21.7 Å². The summed E-state index contributed by atoms with van der Waals surface area (Å²) in [6.07, 6.45) is 3.43. The Bertz CT molecular complexity index is 545. The number of hydrogen-bond donors (Lipinski definition) is 0. The number of carbonyl (C=O) groups excluding carboxylic acids is 1. The number of hydrogen-bond acceptors (Lipinski definition) is 1. The number of carbonyl (C=O) groups is 1. The molecule has 103 valence electrons. The lowest BCUT2D eigenvalue weighted by Gasteiger charge is -2.10. The molecule has 1 nitrogen and oxygen atoms in total. The van der Waals surface area contributed by atoms with Gasteiger partial charge in [0.15, 0.2) is 0 Å². The summed E-state index contributed by atoms with van der Waals surface area (Å²) in [7, 11) is 0. The van der Waals surface area contributed by atoms with Crippen LogP contribution in [0.15, 0.2) is 59.1 Å². The zero-order chi connectivity index (χ0) is 14.4. The van der Waals surface area contributed by atoms with Gasteiger partial charge in [-0.25, -0.2) is 0 Å². The Morgan fingerprint density at radius 1 is 1.10 bits per heavy atom. The van der Waals surface area contributed by atoms with Gasteiger partial charge in [-0.2, -0.15) is 0 Å². The van der Waals surface area contributed by atoms with Gasteiger partial charge < -0.3 is 0 Å². The topological polar surface area (TPSA) is 17.1 Å². The van der Waals surface area contributed by atoms with E-state index in [0.717, 1.165) is 16.5 Å². The van der Waals surface area contributed by atoms with E-state index in [9.17, 15) is 4.79 Å². The second kappa shape index (κ2) is 7.39. The molecule has 1 radical (unpaired) electrons. The predicted octanol–water partition coefficient (Wildman–Crippen LogP) is 4.84. The molecule has 0 saturated carbocycles. The summed E-state index contributed by atoms with van der Waals surface area (Å²) in [5.74, 6) is 0.254. The van der Waals surface area contributed by atoms with E-state index in [2.05, 4.69) is 28.1 Å². The first-order valence-electron chi connectivity index (χ1n) is 6.82. The monoisotopic (exact) mass is 329 g/mol. The van der Waals surface area contributed by atoms with E-state index in [0.29, 0.717) is 6.42 Å². The first-order chi connectivity index (χ1) is 9.65. The molecular weight excluding hydrogens is 312 g/mol. The van der Waals surface area contributed by atoms with Crippen LogP contribution in [0.25, 0.3) is 0 Å². The standard InChI is InChI=1S/C18H18BrO/c1-14(13-16-5-3-2-4-6-16)18(20)12-9-15-7-10-17(19)11-8-15/h2-8,10-11,13-14H,9,12H2,1H3. The molecule has 0 bridgehead atoms. The lowest BCUT2D eigenvalue weighted by Crippen LogP contribution is -2.12. The fraction of sp³-hybridized carbons (Fsp3) is 0.222. The molecule has 2 rings (SSSR count). The Hall–Kier alpha value is -1.41. The van der Waals surface area contributed by atoms with Crippen molar-refractivity contribution in [1.29, 1.82) is 0 Å². The molecule has 0 aromatic heterocycles. The van der Waals surface area contributed by atoms with Crippen LogP contribution >= 0.6 is 15.9 Å². The summed E-state index contributed by atoms with van der Waals surface area (Å²) in [6, 6.07) is 18.2. The average molecular weight is 330 g/mol. The molecule has 0 spiro atoms. The Balaban J connectivity index is 1.83. The lowest BCUT2D eigenvalue weighted by atomic mass is 9.93. The highest BCUT2D eigenvalue weighted by atomic mass is 79.9. The van der Waals surface area contributed by atoms with Crippen LogP contribution in [0.1, 0.15) is 24.5 Å². The Kier molecular flexibility index (Phi) is 5.54. The maximum atomic E-state index is 12.1. The minimum Gasteiger partial charge on any atom is -0.299 e. The van der Waals surface area contributed by atoms with Crippen LogP contribution in [0.4, 0.5) is 0 Å². The van der Waals surface area contributed by atoms with Gasteiger partial charge in [0.1, 0.15) is 5.78 Å². The van der Waals surface area contributed by atoms with Gasteiger partial charge in [0.05, 0.1) is 0 Å². The van der Waals surface area contributed by atoms with E-state index in [1.807, 2.05) is 55.8 Å². The molecule has 1 atom stereocenters. The molecule has 0 amide bonds. The third-order valence-corrected chi connectivity index (χ3v) is 3.85. The summed E-state index contributed by atoms with van der Waals surface area (Å²) >= 11 is 3.41. The van der Waals surface area contributed by atoms with Crippen molar-refractivity contribution in [3.63, 3.8) is 0 Å². The van der Waals surface area contributed by atoms with Gasteiger partial charge in [-0.05, 0) is 29.7 Å². The van der Waals surface area contributed by atoms with Crippen molar-refractivity contribution in [3.8, 4) is 0 Å². The lowest BCUT2D eigenvalue weighted by molar-refractivity contribution is -0.121. The summed E-state index contributed by atoms with van der Waals surface area (Å²) in [5, 5.41) is 0. The predicted molar refractivity (Wildman–Crippen MR) is 86.5 cm³/mol.